The molecule has 3 N–H and O–H groups in total. The van der Waals surface area contributed by atoms with E-state index in [-0.39, 0.29) is 11.7 Å². The first-order valence-electron chi connectivity index (χ1n) is 6.63. The predicted molar refractivity (Wildman–Crippen MR) is 70.4 cm³/mol. The smallest absolute Gasteiger partial charge is 0.151 e. The van der Waals surface area contributed by atoms with Crippen molar-refractivity contribution < 1.29 is 8.78 Å². The van der Waals surface area contributed by atoms with Gasteiger partial charge in [-0.2, -0.15) is 0 Å². The van der Waals surface area contributed by atoms with Gasteiger partial charge in [-0.05, 0) is 24.8 Å². The molecule has 18 heavy (non-hydrogen) atoms. The molecule has 4 heteroatoms. The van der Waals surface area contributed by atoms with Crippen LogP contribution in [0, 0.1) is 17.6 Å². The maximum Gasteiger partial charge on any atom is 0.151 e. The second kappa shape index (κ2) is 5.55. The summed E-state index contributed by atoms with van der Waals surface area (Å²) in [5, 5.41) is 3.23. The van der Waals surface area contributed by atoms with Crippen LogP contribution in [-0.4, -0.2) is 6.04 Å². The molecule has 1 aliphatic rings. The number of hydrogen-bond acceptors (Lipinski definition) is 2. The fourth-order valence-electron chi connectivity index (χ4n) is 2.79. The molecular formula is C14H20F2N2. The van der Waals surface area contributed by atoms with E-state index in [1.165, 1.54) is 18.9 Å². The third-order valence-electron chi connectivity index (χ3n) is 3.87. The Morgan fingerprint density at radius 3 is 2.72 bits per heavy atom. The van der Waals surface area contributed by atoms with Gasteiger partial charge in [0, 0.05) is 12.1 Å². The van der Waals surface area contributed by atoms with Crippen molar-refractivity contribution in [3.63, 3.8) is 0 Å². The molecule has 2 rings (SSSR count). The van der Waals surface area contributed by atoms with Crippen molar-refractivity contribution in [2.45, 2.75) is 45.1 Å². The van der Waals surface area contributed by atoms with Crippen LogP contribution in [0.1, 0.15) is 39.0 Å². The Labute approximate surface area is 107 Å². The highest BCUT2D eigenvalue weighted by Crippen LogP contribution is 2.32. The summed E-state index contributed by atoms with van der Waals surface area (Å²) >= 11 is 0. The minimum Gasteiger partial charge on any atom is -0.395 e. The summed E-state index contributed by atoms with van der Waals surface area (Å²) in [5.41, 5.74) is 6.05. The molecule has 1 aromatic rings. The van der Waals surface area contributed by atoms with Crippen LogP contribution in [0.25, 0.3) is 0 Å². The van der Waals surface area contributed by atoms with Gasteiger partial charge >= 0.3 is 0 Å². The second-order valence-electron chi connectivity index (χ2n) is 5.05. The normalized spacial score (nSPS) is 23.9. The Morgan fingerprint density at radius 1 is 1.28 bits per heavy atom. The Morgan fingerprint density at radius 2 is 2.00 bits per heavy atom. The Hall–Kier alpha value is -1.32. The summed E-state index contributed by atoms with van der Waals surface area (Å²) in [7, 11) is 0. The maximum absolute atomic E-state index is 13.4. The van der Waals surface area contributed by atoms with E-state index in [0.29, 0.717) is 11.6 Å². The summed E-state index contributed by atoms with van der Waals surface area (Å²) in [6.07, 6.45) is 5.69. The molecule has 1 aromatic carbocycles. The molecule has 2 unspecified atom stereocenters. The van der Waals surface area contributed by atoms with Crippen molar-refractivity contribution in [1.29, 1.82) is 0 Å². The van der Waals surface area contributed by atoms with Gasteiger partial charge in [-0.1, -0.05) is 26.2 Å². The third-order valence-corrected chi connectivity index (χ3v) is 3.87. The number of nitrogen functional groups attached to an aromatic ring is 1. The Kier molecular flexibility index (Phi) is 4.04. The standard InChI is InChI=1S/C14H20F2N2/c1-2-9-5-3-4-6-12(9)18-13-8-10(15)7-11(16)14(13)17/h7-9,12,18H,2-6,17H2,1H3. The minimum absolute atomic E-state index is 0.0110. The van der Waals surface area contributed by atoms with Crippen molar-refractivity contribution in [2.75, 3.05) is 11.1 Å². The maximum atomic E-state index is 13.4. The van der Waals surface area contributed by atoms with E-state index in [9.17, 15) is 8.78 Å². The molecule has 0 heterocycles. The molecule has 0 spiro atoms. The van der Waals surface area contributed by atoms with Crippen LogP contribution < -0.4 is 11.1 Å². The average molecular weight is 254 g/mol. The van der Waals surface area contributed by atoms with E-state index in [2.05, 4.69) is 12.2 Å². The number of nitrogens with one attached hydrogen (secondary N) is 1. The predicted octanol–water partition coefficient (Wildman–Crippen LogP) is 3.93. The van der Waals surface area contributed by atoms with Crippen molar-refractivity contribution in [3.05, 3.63) is 23.8 Å². The fraction of sp³-hybridized carbons (Fsp3) is 0.571. The van der Waals surface area contributed by atoms with Crippen LogP contribution in [0.3, 0.4) is 0 Å². The Balaban J connectivity index is 2.17. The quantitative estimate of drug-likeness (QED) is 0.802. The van der Waals surface area contributed by atoms with Crippen molar-refractivity contribution in [1.82, 2.24) is 0 Å². The molecule has 0 radical (unpaired) electrons. The van der Waals surface area contributed by atoms with Gasteiger partial charge in [0.1, 0.15) is 5.82 Å². The zero-order valence-electron chi connectivity index (χ0n) is 10.7. The third kappa shape index (κ3) is 2.74. The number of halogens is 2. The molecular weight excluding hydrogens is 234 g/mol. The van der Waals surface area contributed by atoms with Crippen LogP contribution in [0.5, 0.6) is 0 Å². The first-order valence-corrected chi connectivity index (χ1v) is 6.63. The van der Waals surface area contributed by atoms with Crippen LogP contribution in [0.4, 0.5) is 20.2 Å². The number of nitrogens with two attached hydrogens (primary N) is 1. The monoisotopic (exact) mass is 254 g/mol. The SMILES string of the molecule is CCC1CCCCC1Nc1cc(F)cc(F)c1N. The summed E-state index contributed by atoms with van der Waals surface area (Å²) < 4.78 is 26.6. The zero-order valence-corrected chi connectivity index (χ0v) is 10.7. The summed E-state index contributed by atoms with van der Waals surface area (Å²) in [6, 6.07) is 2.37. The van der Waals surface area contributed by atoms with E-state index in [1.807, 2.05) is 0 Å². The van der Waals surface area contributed by atoms with Gasteiger partial charge in [-0.25, -0.2) is 8.78 Å². The summed E-state index contributed by atoms with van der Waals surface area (Å²) in [5.74, 6) is -0.723. The largest absolute Gasteiger partial charge is 0.395 e. The first kappa shape index (κ1) is 13.1. The number of benzene rings is 1. The lowest BCUT2D eigenvalue weighted by Crippen LogP contribution is -2.32. The summed E-state index contributed by atoms with van der Waals surface area (Å²) in [4.78, 5) is 0. The van der Waals surface area contributed by atoms with Crippen LogP contribution in [-0.2, 0) is 0 Å². The highest BCUT2D eigenvalue weighted by atomic mass is 19.1. The highest BCUT2D eigenvalue weighted by Gasteiger charge is 2.24. The van der Waals surface area contributed by atoms with Crippen molar-refractivity contribution in [3.8, 4) is 0 Å². The molecule has 2 atom stereocenters. The zero-order chi connectivity index (χ0) is 13.1. The number of anilines is 2. The van der Waals surface area contributed by atoms with E-state index in [4.69, 9.17) is 5.73 Å². The molecule has 2 nitrogen and oxygen atoms in total. The van der Waals surface area contributed by atoms with Crippen LogP contribution in [0.2, 0.25) is 0 Å². The first-order chi connectivity index (χ1) is 8.61. The van der Waals surface area contributed by atoms with Crippen molar-refractivity contribution >= 4 is 11.4 Å². The second-order valence-corrected chi connectivity index (χ2v) is 5.05. The molecule has 1 fully saturated rings. The van der Waals surface area contributed by atoms with Crippen LogP contribution >= 0.6 is 0 Å². The van der Waals surface area contributed by atoms with E-state index >= 15 is 0 Å². The minimum atomic E-state index is -0.693. The Bertz CT molecular complexity index is 421. The van der Waals surface area contributed by atoms with E-state index in [0.717, 1.165) is 25.3 Å². The lowest BCUT2D eigenvalue weighted by atomic mass is 9.83. The van der Waals surface area contributed by atoms with Gasteiger partial charge in [0.25, 0.3) is 0 Å². The molecule has 1 aliphatic carbocycles. The van der Waals surface area contributed by atoms with Crippen LogP contribution in [0.15, 0.2) is 12.1 Å². The van der Waals surface area contributed by atoms with E-state index < -0.39 is 11.6 Å². The van der Waals surface area contributed by atoms with Gasteiger partial charge in [-0.3, -0.25) is 0 Å². The molecule has 0 bridgehead atoms. The number of hydrogen-bond donors (Lipinski definition) is 2. The molecule has 100 valence electrons. The lowest BCUT2D eigenvalue weighted by molar-refractivity contribution is 0.317. The fourth-order valence-corrected chi connectivity index (χ4v) is 2.79. The molecule has 0 aliphatic heterocycles. The molecule has 0 aromatic heterocycles. The van der Waals surface area contributed by atoms with Gasteiger partial charge < -0.3 is 11.1 Å². The molecule has 1 saturated carbocycles. The molecule has 0 saturated heterocycles. The molecule has 0 amide bonds. The average Bonchev–Trinajstić information content (AvgIpc) is 2.36. The van der Waals surface area contributed by atoms with Gasteiger partial charge in [-0.15, -0.1) is 0 Å². The van der Waals surface area contributed by atoms with Crippen molar-refractivity contribution in [2.24, 2.45) is 5.92 Å². The number of rotatable bonds is 3. The lowest BCUT2D eigenvalue weighted by Gasteiger charge is -2.32. The van der Waals surface area contributed by atoms with Gasteiger partial charge in [0.05, 0.1) is 11.4 Å². The van der Waals surface area contributed by atoms with E-state index in [1.54, 1.807) is 0 Å². The topological polar surface area (TPSA) is 38.0 Å². The van der Waals surface area contributed by atoms with Gasteiger partial charge in [0.15, 0.2) is 5.82 Å². The van der Waals surface area contributed by atoms with Gasteiger partial charge in [0.2, 0.25) is 0 Å². The summed E-state index contributed by atoms with van der Waals surface area (Å²) in [6.45, 7) is 2.15. The highest BCUT2D eigenvalue weighted by molar-refractivity contribution is 5.67.